The van der Waals surface area contributed by atoms with E-state index in [0.717, 1.165) is 6.04 Å². The van der Waals surface area contributed by atoms with Crippen LogP contribution in [0.2, 0.25) is 0 Å². The number of nitrogens with one attached hydrogen (secondary N) is 1. The van der Waals surface area contributed by atoms with Crippen molar-refractivity contribution in [3.8, 4) is 0 Å². The van der Waals surface area contributed by atoms with Crippen molar-refractivity contribution in [2.45, 2.75) is 37.8 Å². The van der Waals surface area contributed by atoms with Crippen molar-refractivity contribution < 1.29 is 0 Å². The van der Waals surface area contributed by atoms with Crippen LogP contribution in [0, 0.1) is 6.92 Å². The van der Waals surface area contributed by atoms with E-state index < -0.39 is 0 Å². The molecule has 0 saturated carbocycles. The van der Waals surface area contributed by atoms with Gasteiger partial charge in [0.2, 0.25) is 0 Å². The van der Waals surface area contributed by atoms with E-state index in [1.165, 1.54) is 41.4 Å². The van der Waals surface area contributed by atoms with E-state index in [-0.39, 0.29) is 5.54 Å². The van der Waals surface area contributed by atoms with Crippen molar-refractivity contribution in [3.05, 3.63) is 47.7 Å². The summed E-state index contributed by atoms with van der Waals surface area (Å²) in [6.45, 7) is 2.12. The number of hydrogen-bond acceptors (Lipinski definition) is 1. The molecule has 19 heavy (non-hydrogen) atoms. The molecule has 0 radical (unpaired) electrons. The number of H-pyrrole nitrogens is 1. The molecule has 1 N–H and O–H groups in total. The van der Waals surface area contributed by atoms with Crippen molar-refractivity contribution in [2.24, 2.45) is 0 Å². The molecule has 2 aliphatic heterocycles. The maximum atomic E-state index is 3.41. The second-order valence-electron chi connectivity index (χ2n) is 6.12. The quantitative estimate of drug-likeness (QED) is 0.766. The number of aryl methyl sites for hydroxylation is 1. The average Bonchev–Trinajstić information content (AvgIpc) is 2.82. The smallest absolute Gasteiger partial charge is 0.0646 e. The van der Waals surface area contributed by atoms with Gasteiger partial charge in [0.1, 0.15) is 0 Å². The Morgan fingerprint density at radius 1 is 1.32 bits per heavy atom. The van der Waals surface area contributed by atoms with Gasteiger partial charge < -0.3 is 4.98 Å². The van der Waals surface area contributed by atoms with Crippen LogP contribution in [0.15, 0.2) is 36.4 Å². The van der Waals surface area contributed by atoms with Gasteiger partial charge in [0.25, 0.3) is 0 Å². The molecule has 1 aromatic heterocycles. The zero-order valence-electron chi connectivity index (χ0n) is 11.6. The van der Waals surface area contributed by atoms with Crippen molar-refractivity contribution in [1.82, 2.24) is 9.88 Å². The first-order valence-electron chi connectivity index (χ1n) is 7.19. The standard InChI is InChI=1S/C17H20N2/c1-12-10-13-11-14(5-6-16(13)18-12)17-8-3-4-15(7-9-17)19(17)2/h3,5-6,8,10-11,15,18H,4,7,9H2,1-2H3. The minimum Gasteiger partial charge on any atom is -0.359 e. The lowest BCUT2D eigenvalue weighted by atomic mass is 9.86. The summed E-state index contributed by atoms with van der Waals surface area (Å²) in [4.78, 5) is 5.99. The number of aromatic nitrogens is 1. The Labute approximate surface area is 114 Å². The number of aromatic amines is 1. The molecular weight excluding hydrogens is 232 g/mol. The molecule has 2 heteroatoms. The largest absolute Gasteiger partial charge is 0.359 e. The molecule has 4 rings (SSSR count). The first-order valence-corrected chi connectivity index (χ1v) is 7.19. The monoisotopic (exact) mass is 252 g/mol. The van der Waals surface area contributed by atoms with Crippen LogP contribution >= 0.6 is 0 Å². The van der Waals surface area contributed by atoms with Crippen molar-refractivity contribution in [1.29, 1.82) is 0 Å². The van der Waals surface area contributed by atoms with Gasteiger partial charge in [-0.15, -0.1) is 0 Å². The molecule has 2 bridgehead atoms. The van der Waals surface area contributed by atoms with Crippen molar-refractivity contribution >= 4 is 10.9 Å². The minimum atomic E-state index is 0.141. The first kappa shape index (κ1) is 11.3. The van der Waals surface area contributed by atoms with E-state index in [2.05, 4.69) is 60.3 Å². The third kappa shape index (κ3) is 1.47. The van der Waals surface area contributed by atoms with Gasteiger partial charge in [-0.3, -0.25) is 4.90 Å². The lowest BCUT2D eigenvalue weighted by Gasteiger charge is -2.39. The molecule has 1 fully saturated rings. The molecule has 1 aromatic carbocycles. The van der Waals surface area contributed by atoms with Crippen LogP contribution in [0.3, 0.4) is 0 Å². The number of benzene rings is 1. The van der Waals surface area contributed by atoms with Gasteiger partial charge in [0.15, 0.2) is 0 Å². The highest BCUT2D eigenvalue weighted by atomic mass is 15.2. The normalized spacial score (nSPS) is 30.3. The van der Waals surface area contributed by atoms with Gasteiger partial charge in [-0.05, 0) is 62.4 Å². The predicted molar refractivity (Wildman–Crippen MR) is 79.3 cm³/mol. The maximum Gasteiger partial charge on any atom is 0.0646 e. The van der Waals surface area contributed by atoms with E-state index >= 15 is 0 Å². The highest BCUT2D eigenvalue weighted by Crippen LogP contribution is 2.46. The van der Waals surface area contributed by atoms with E-state index in [1.54, 1.807) is 0 Å². The Morgan fingerprint density at radius 2 is 2.21 bits per heavy atom. The van der Waals surface area contributed by atoms with Crippen LogP contribution < -0.4 is 0 Å². The Hall–Kier alpha value is -1.54. The van der Waals surface area contributed by atoms with Gasteiger partial charge >= 0.3 is 0 Å². The third-order valence-corrected chi connectivity index (χ3v) is 5.09. The molecular formula is C17H20N2. The number of fused-ring (bicyclic) bond motifs is 3. The number of hydrogen-bond donors (Lipinski definition) is 1. The van der Waals surface area contributed by atoms with Crippen molar-refractivity contribution in [2.75, 3.05) is 7.05 Å². The topological polar surface area (TPSA) is 19.0 Å². The van der Waals surface area contributed by atoms with Crippen LogP contribution in [0.5, 0.6) is 0 Å². The Balaban J connectivity index is 1.89. The zero-order chi connectivity index (χ0) is 13.0. The third-order valence-electron chi connectivity index (χ3n) is 5.09. The van der Waals surface area contributed by atoms with Crippen molar-refractivity contribution in [3.63, 3.8) is 0 Å². The molecule has 2 nitrogen and oxygen atoms in total. The molecule has 2 aliphatic rings. The van der Waals surface area contributed by atoms with Gasteiger partial charge in [0.05, 0.1) is 5.54 Å². The summed E-state index contributed by atoms with van der Waals surface area (Å²) >= 11 is 0. The lowest BCUT2D eigenvalue weighted by molar-refractivity contribution is 0.168. The van der Waals surface area contributed by atoms with Crippen LogP contribution in [-0.2, 0) is 5.54 Å². The summed E-state index contributed by atoms with van der Waals surface area (Å²) in [7, 11) is 2.29. The van der Waals surface area contributed by atoms with E-state index in [4.69, 9.17) is 0 Å². The van der Waals surface area contributed by atoms with Gasteiger partial charge in [-0.25, -0.2) is 0 Å². The van der Waals surface area contributed by atoms with Gasteiger partial charge in [-0.1, -0.05) is 18.2 Å². The lowest BCUT2D eigenvalue weighted by Crippen LogP contribution is -2.42. The minimum absolute atomic E-state index is 0.141. The van der Waals surface area contributed by atoms with Gasteiger partial charge in [0, 0.05) is 17.3 Å². The molecule has 2 atom stereocenters. The second kappa shape index (κ2) is 3.73. The molecule has 0 spiro atoms. The SMILES string of the molecule is Cc1cc2cc(C34C=CCC(CC3)N4C)ccc2[nH]1. The number of rotatable bonds is 1. The Kier molecular flexibility index (Phi) is 2.22. The predicted octanol–water partition coefficient (Wildman–Crippen LogP) is 3.73. The second-order valence-corrected chi connectivity index (χ2v) is 6.12. The summed E-state index contributed by atoms with van der Waals surface area (Å²) in [5, 5.41) is 1.33. The molecule has 98 valence electrons. The van der Waals surface area contributed by atoms with Crippen LogP contribution in [0.4, 0.5) is 0 Å². The summed E-state index contributed by atoms with van der Waals surface area (Å²) in [6, 6.07) is 9.87. The number of likely N-dealkylation sites (N-methyl/N-ethyl adjacent to an activating group) is 1. The average molecular weight is 252 g/mol. The molecule has 3 heterocycles. The van der Waals surface area contributed by atoms with E-state index in [9.17, 15) is 0 Å². The fraction of sp³-hybridized carbons (Fsp3) is 0.412. The summed E-state index contributed by atoms with van der Waals surface area (Å²) in [5.74, 6) is 0. The fourth-order valence-electron chi connectivity index (χ4n) is 3.97. The zero-order valence-corrected chi connectivity index (χ0v) is 11.6. The highest BCUT2D eigenvalue weighted by molar-refractivity contribution is 5.81. The first-order chi connectivity index (χ1) is 9.19. The summed E-state index contributed by atoms with van der Waals surface area (Å²) in [6.07, 6.45) is 8.58. The van der Waals surface area contributed by atoms with E-state index in [0.29, 0.717) is 0 Å². The van der Waals surface area contributed by atoms with Crippen LogP contribution in [0.25, 0.3) is 10.9 Å². The molecule has 0 amide bonds. The highest BCUT2D eigenvalue weighted by Gasteiger charge is 2.45. The maximum absolute atomic E-state index is 3.41. The molecule has 1 saturated heterocycles. The molecule has 2 unspecified atom stereocenters. The Morgan fingerprint density at radius 3 is 3.11 bits per heavy atom. The molecule has 2 aromatic rings. The van der Waals surface area contributed by atoms with Crippen LogP contribution in [0.1, 0.15) is 30.5 Å². The summed E-state index contributed by atoms with van der Waals surface area (Å²) in [5.41, 5.74) is 4.07. The summed E-state index contributed by atoms with van der Waals surface area (Å²) < 4.78 is 0. The molecule has 0 aliphatic carbocycles. The number of nitrogens with zero attached hydrogens (tertiary/aromatic N) is 1. The Bertz CT molecular complexity index is 667. The van der Waals surface area contributed by atoms with E-state index in [1.807, 2.05) is 0 Å². The van der Waals surface area contributed by atoms with Gasteiger partial charge in [-0.2, -0.15) is 0 Å². The fourth-order valence-corrected chi connectivity index (χ4v) is 3.97. The van der Waals surface area contributed by atoms with Crippen LogP contribution in [-0.4, -0.2) is 23.0 Å².